The highest BCUT2D eigenvalue weighted by Gasteiger charge is 1.99. The highest BCUT2D eigenvalue weighted by Crippen LogP contribution is 1.98. The molecule has 16 heavy (non-hydrogen) atoms. The summed E-state index contributed by atoms with van der Waals surface area (Å²) in [5.74, 6) is -0.251. The molecule has 0 heterocycles. The fraction of sp³-hybridized carbons (Fsp3) is 0.615. The number of unbranched alkanes of at least 4 members (excludes halogenated alkanes) is 3. The third-order valence-electron chi connectivity index (χ3n) is 2.06. The molecule has 3 nitrogen and oxygen atoms in total. The summed E-state index contributed by atoms with van der Waals surface area (Å²) in [6.07, 6.45) is 9.92. The van der Waals surface area contributed by atoms with E-state index in [1.165, 1.54) is 12.8 Å². The van der Waals surface area contributed by atoms with E-state index < -0.39 is 0 Å². The van der Waals surface area contributed by atoms with Gasteiger partial charge in [-0.3, -0.25) is 9.63 Å². The molecule has 3 heteroatoms. The van der Waals surface area contributed by atoms with Crippen LogP contribution >= 0.6 is 0 Å². The molecule has 0 aliphatic heterocycles. The standard InChI is InChI=1S/C13H23NO2/c1-4-5-6-7-8-9-10-11-16-14-13(15)12(2)3/h7-8H,2,4-6,9-11H2,1,3H3,(H,14,15)/b8-7+. The zero-order chi connectivity index (χ0) is 12.2. The summed E-state index contributed by atoms with van der Waals surface area (Å²) < 4.78 is 0. The summed E-state index contributed by atoms with van der Waals surface area (Å²) >= 11 is 0. The number of carbonyl (C=O) groups is 1. The van der Waals surface area contributed by atoms with E-state index in [4.69, 9.17) is 4.84 Å². The summed E-state index contributed by atoms with van der Waals surface area (Å²) in [5, 5.41) is 0. The van der Waals surface area contributed by atoms with E-state index in [1.807, 2.05) is 0 Å². The first-order chi connectivity index (χ1) is 7.68. The van der Waals surface area contributed by atoms with Crippen molar-refractivity contribution in [2.24, 2.45) is 0 Å². The highest BCUT2D eigenvalue weighted by atomic mass is 16.6. The van der Waals surface area contributed by atoms with Crippen LogP contribution in [0.5, 0.6) is 0 Å². The first kappa shape index (κ1) is 14.9. The molecule has 0 saturated carbocycles. The Hall–Kier alpha value is -1.09. The predicted molar refractivity (Wildman–Crippen MR) is 66.8 cm³/mol. The van der Waals surface area contributed by atoms with E-state index in [-0.39, 0.29) is 5.91 Å². The third-order valence-corrected chi connectivity index (χ3v) is 2.06. The van der Waals surface area contributed by atoms with Crippen LogP contribution in [0.15, 0.2) is 24.3 Å². The number of rotatable bonds is 9. The average molecular weight is 225 g/mol. The van der Waals surface area contributed by atoms with Crippen molar-refractivity contribution in [1.29, 1.82) is 0 Å². The van der Waals surface area contributed by atoms with Crippen LogP contribution in [-0.2, 0) is 9.63 Å². The van der Waals surface area contributed by atoms with E-state index in [9.17, 15) is 4.79 Å². The van der Waals surface area contributed by atoms with E-state index in [0.29, 0.717) is 12.2 Å². The minimum atomic E-state index is -0.251. The minimum absolute atomic E-state index is 0.251. The molecule has 0 aromatic heterocycles. The summed E-state index contributed by atoms with van der Waals surface area (Å²) in [6.45, 7) is 7.88. The Labute approximate surface area is 98.5 Å². The molecule has 0 fully saturated rings. The van der Waals surface area contributed by atoms with E-state index in [0.717, 1.165) is 19.3 Å². The fourth-order valence-corrected chi connectivity index (χ4v) is 1.03. The molecule has 0 aromatic carbocycles. The molecular weight excluding hydrogens is 202 g/mol. The third kappa shape index (κ3) is 9.46. The van der Waals surface area contributed by atoms with Crippen molar-refractivity contribution in [1.82, 2.24) is 5.48 Å². The van der Waals surface area contributed by atoms with Crippen molar-refractivity contribution in [2.45, 2.75) is 46.0 Å². The van der Waals surface area contributed by atoms with Crippen LogP contribution in [0, 0.1) is 0 Å². The molecule has 0 rings (SSSR count). The quantitative estimate of drug-likeness (QED) is 0.283. The van der Waals surface area contributed by atoms with Crippen LogP contribution in [0.25, 0.3) is 0 Å². The van der Waals surface area contributed by atoms with Crippen molar-refractivity contribution >= 4 is 5.91 Å². The second kappa shape index (κ2) is 10.4. The van der Waals surface area contributed by atoms with Crippen LogP contribution in [0.3, 0.4) is 0 Å². The van der Waals surface area contributed by atoms with Crippen molar-refractivity contribution in [3.05, 3.63) is 24.3 Å². The molecule has 1 N–H and O–H groups in total. The van der Waals surface area contributed by atoms with Gasteiger partial charge in [0.05, 0.1) is 6.61 Å². The Morgan fingerprint density at radius 2 is 1.94 bits per heavy atom. The second-order valence-corrected chi connectivity index (χ2v) is 3.82. The molecule has 0 bridgehead atoms. The topological polar surface area (TPSA) is 38.3 Å². The SMILES string of the molecule is C=C(C)C(=O)NOCCC/C=C/CCCC. The van der Waals surface area contributed by atoms with Gasteiger partial charge in [-0.25, -0.2) is 5.48 Å². The molecule has 0 radical (unpaired) electrons. The lowest BCUT2D eigenvalue weighted by Crippen LogP contribution is -2.24. The van der Waals surface area contributed by atoms with Crippen LogP contribution < -0.4 is 5.48 Å². The molecule has 0 unspecified atom stereocenters. The Kier molecular flexibility index (Phi) is 9.72. The number of hydrogen-bond acceptors (Lipinski definition) is 2. The molecule has 0 aliphatic rings. The Morgan fingerprint density at radius 1 is 1.31 bits per heavy atom. The molecule has 0 aromatic rings. The number of hydroxylamine groups is 1. The van der Waals surface area contributed by atoms with Gasteiger partial charge in [0.25, 0.3) is 5.91 Å². The largest absolute Gasteiger partial charge is 0.273 e. The zero-order valence-electron chi connectivity index (χ0n) is 10.4. The van der Waals surface area contributed by atoms with Crippen LogP contribution in [0.2, 0.25) is 0 Å². The zero-order valence-corrected chi connectivity index (χ0v) is 10.4. The maximum Gasteiger partial charge on any atom is 0.269 e. The maximum absolute atomic E-state index is 11.0. The lowest BCUT2D eigenvalue weighted by atomic mass is 10.2. The lowest BCUT2D eigenvalue weighted by molar-refractivity contribution is -0.129. The van der Waals surface area contributed by atoms with Crippen LogP contribution in [-0.4, -0.2) is 12.5 Å². The van der Waals surface area contributed by atoms with Gasteiger partial charge in [0.1, 0.15) is 0 Å². The smallest absolute Gasteiger partial charge is 0.269 e. The van der Waals surface area contributed by atoms with Gasteiger partial charge in [0.2, 0.25) is 0 Å². The van der Waals surface area contributed by atoms with Crippen molar-refractivity contribution in [2.75, 3.05) is 6.61 Å². The Bertz CT molecular complexity index is 234. The van der Waals surface area contributed by atoms with Gasteiger partial charge in [-0.2, -0.15) is 0 Å². The summed E-state index contributed by atoms with van der Waals surface area (Å²) in [7, 11) is 0. The number of allylic oxidation sites excluding steroid dienone is 2. The van der Waals surface area contributed by atoms with Crippen LogP contribution in [0.1, 0.15) is 46.0 Å². The van der Waals surface area contributed by atoms with Gasteiger partial charge in [0, 0.05) is 5.57 Å². The van der Waals surface area contributed by atoms with Gasteiger partial charge in [-0.1, -0.05) is 38.5 Å². The number of amides is 1. The lowest BCUT2D eigenvalue weighted by Gasteiger charge is -2.03. The fourth-order valence-electron chi connectivity index (χ4n) is 1.03. The molecule has 0 atom stereocenters. The predicted octanol–water partition coefficient (Wildman–Crippen LogP) is 3.14. The normalized spacial score (nSPS) is 10.6. The van der Waals surface area contributed by atoms with Crippen molar-refractivity contribution in [3.8, 4) is 0 Å². The van der Waals surface area contributed by atoms with Gasteiger partial charge in [0.15, 0.2) is 0 Å². The maximum atomic E-state index is 11.0. The van der Waals surface area contributed by atoms with Gasteiger partial charge < -0.3 is 0 Å². The first-order valence-electron chi connectivity index (χ1n) is 5.91. The Balaban J connectivity index is 3.24. The molecule has 92 valence electrons. The monoisotopic (exact) mass is 225 g/mol. The number of hydrogen-bond donors (Lipinski definition) is 1. The summed E-state index contributed by atoms with van der Waals surface area (Å²) in [6, 6.07) is 0. The van der Waals surface area contributed by atoms with Crippen molar-refractivity contribution < 1.29 is 9.63 Å². The van der Waals surface area contributed by atoms with Gasteiger partial charge in [-0.05, 0) is 26.2 Å². The van der Waals surface area contributed by atoms with Gasteiger partial charge in [-0.15, -0.1) is 0 Å². The van der Waals surface area contributed by atoms with Crippen LogP contribution in [0.4, 0.5) is 0 Å². The highest BCUT2D eigenvalue weighted by molar-refractivity contribution is 5.91. The van der Waals surface area contributed by atoms with E-state index in [2.05, 4.69) is 31.1 Å². The van der Waals surface area contributed by atoms with E-state index >= 15 is 0 Å². The molecule has 1 amide bonds. The average Bonchev–Trinajstić information content (AvgIpc) is 2.26. The summed E-state index contributed by atoms with van der Waals surface area (Å²) in [5.41, 5.74) is 2.79. The first-order valence-corrected chi connectivity index (χ1v) is 5.91. The number of nitrogens with one attached hydrogen (secondary N) is 1. The molecular formula is C13H23NO2. The molecule has 0 saturated heterocycles. The Morgan fingerprint density at radius 3 is 2.50 bits per heavy atom. The second-order valence-electron chi connectivity index (χ2n) is 3.82. The van der Waals surface area contributed by atoms with Gasteiger partial charge >= 0.3 is 0 Å². The summed E-state index contributed by atoms with van der Waals surface area (Å²) in [4.78, 5) is 16.0. The minimum Gasteiger partial charge on any atom is -0.273 e. The van der Waals surface area contributed by atoms with Crippen molar-refractivity contribution in [3.63, 3.8) is 0 Å². The molecule has 0 aliphatic carbocycles. The van der Waals surface area contributed by atoms with E-state index in [1.54, 1.807) is 6.92 Å². The molecule has 0 spiro atoms. The number of carbonyl (C=O) groups excluding carboxylic acids is 1.